The molecule has 1 saturated carbocycles. The molecule has 1 aromatic carbocycles. The lowest BCUT2D eigenvalue weighted by atomic mass is 9.77. The summed E-state index contributed by atoms with van der Waals surface area (Å²) in [6.07, 6.45) is 4.66. The van der Waals surface area contributed by atoms with Crippen molar-refractivity contribution in [3.63, 3.8) is 0 Å². The Labute approximate surface area is 119 Å². The van der Waals surface area contributed by atoms with Crippen molar-refractivity contribution in [2.75, 3.05) is 19.0 Å². The van der Waals surface area contributed by atoms with Crippen LogP contribution >= 0.6 is 0 Å². The molecule has 108 valence electrons. The molecule has 1 aliphatic heterocycles. The zero-order valence-corrected chi connectivity index (χ0v) is 12.0. The van der Waals surface area contributed by atoms with Crippen LogP contribution in [0.1, 0.15) is 36.8 Å². The first kappa shape index (κ1) is 13.6. The first-order valence-electron chi connectivity index (χ1n) is 7.38. The van der Waals surface area contributed by atoms with Gasteiger partial charge in [-0.15, -0.1) is 0 Å². The number of ether oxygens (including phenoxy) is 1. The van der Waals surface area contributed by atoms with E-state index in [0.29, 0.717) is 6.42 Å². The van der Waals surface area contributed by atoms with Crippen LogP contribution in [0.4, 0.5) is 5.69 Å². The molecule has 20 heavy (non-hydrogen) atoms. The highest BCUT2D eigenvalue weighted by Gasteiger charge is 2.38. The van der Waals surface area contributed by atoms with Gasteiger partial charge < -0.3 is 15.4 Å². The van der Waals surface area contributed by atoms with Gasteiger partial charge in [0, 0.05) is 19.3 Å². The fraction of sp³-hybridized carbons (Fsp3) is 0.562. The van der Waals surface area contributed by atoms with E-state index in [9.17, 15) is 4.79 Å². The zero-order chi connectivity index (χ0) is 14.0. The second-order valence-electron chi connectivity index (χ2n) is 5.88. The third-order valence-electron chi connectivity index (χ3n) is 4.56. The summed E-state index contributed by atoms with van der Waals surface area (Å²) in [6, 6.07) is 6.21. The highest BCUT2D eigenvalue weighted by molar-refractivity contribution is 5.91. The second-order valence-corrected chi connectivity index (χ2v) is 5.88. The largest absolute Gasteiger partial charge is 0.378 e. The number of methoxy groups -OCH3 is 1. The number of rotatable bonds is 4. The van der Waals surface area contributed by atoms with E-state index in [-0.39, 0.29) is 11.5 Å². The van der Waals surface area contributed by atoms with Crippen LogP contribution in [0.3, 0.4) is 0 Å². The number of hydrogen-bond acceptors (Lipinski definition) is 3. The van der Waals surface area contributed by atoms with E-state index in [4.69, 9.17) is 4.74 Å². The smallest absolute Gasteiger partial charge is 0.227 e. The Balaban J connectivity index is 1.64. The third-order valence-corrected chi connectivity index (χ3v) is 4.56. The van der Waals surface area contributed by atoms with Crippen molar-refractivity contribution in [3.8, 4) is 0 Å². The van der Waals surface area contributed by atoms with Crippen molar-refractivity contribution in [1.82, 2.24) is 5.32 Å². The number of amides is 1. The number of nitrogens with one attached hydrogen (secondary N) is 2. The standard InChI is InChI=1S/C16H22N2O2/c1-20-16(6-2-7-16)10-15(19)18-14-4-3-12-5-8-17-11-13(12)9-14/h3-4,9,17H,2,5-8,10-11H2,1H3,(H,18,19). The predicted octanol–water partition coefficient (Wildman–Crippen LogP) is 2.23. The Hall–Kier alpha value is -1.39. The molecule has 2 aliphatic rings. The lowest BCUT2D eigenvalue weighted by molar-refractivity contribution is -0.129. The van der Waals surface area contributed by atoms with Crippen LogP contribution in [-0.2, 0) is 22.5 Å². The van der Waals surface area contributed by atoms with Crippen molar-refractivity contribution >= 4 is 11.6 Å². The molecular weight excluding hydrogens is 252 g/mol. The van der Waals surface area contributed by atoms with E-state index in [1.54, 1.807) is 7.11 Å². The van der Waals surface area contributed by atoms with Crippen molar-refractivity contribution < 1.29 is 9.53 Å². The first-order chi connectivity index (χ1) is 9.71. The molecule has 1 fully saturated rings. The van der Waals surface area contributed by atoms with Crippen molar-refractivity contribution in [2.24, 2.45) is 0 Å². The summed E-state index contributed by atoms with van der Waals surface area (Å²) in [7, 11) is 1.71. The van der Waals surface area contributed by atoms with Crippen LogP contribution < -0.4 is 10.6 Å². The molecule has 0 bridgehead atoms. The Morgan fingerprint density at radius 1 is 1.40 bits per heavy atom. The maximum Gasteiger partial charge on any atom is 0.227 e. The van der Waals surface area contributed by atoms with Gasteiger partial charge in [0.05, 0.1) is 12.0 Å². The molecule has 0 unspecified atom stereocenters. The molecule has 0 atom stereocenters. The van der Waals surface area contributed by atoms with Gasteiger partial charge in [-0.3, -0.25) is 4.79 Å². The molecule has 4 heteroatoms. The van der Waals surface area contributed by atoms with Gasteiger partial charge in [-0.2, -0.15) is 0 Å². The van der Waals surface area contributed by atoms with Crippen LogP contribution in [0.15, 0.2) is 18.2 Å². The van der Waals surface area contributed by atoms with Gasteiger partial charge in [0.25, 0.3) is 0 Å². The van der Waals surface area contributed by atoms with Crippen molar-refractivity contribution in [1.29, 1.82) is 0 Å². The van der Waals surface area contributed by atoms with Crippen LogP contribution in [0, 0.1) is 0 Å². The maximum absolute atomic E-state index is 12.1. The van der Waals surface area contributed by atoms with Gasteiger partial charge in [0.2, 0.25) is 5.91 Å². The van der Waals surface area contributed by atoms with Gasteiger partial charge in [-0.1, -0.05) is 6.07 Å². The minimum Gasteiger partial charge on any atom is -0.378 e. The molecule has 2 N–H and O–H groups in total. The Morgan fingerprint density at radius 3 is 2.95 bits per heavy atom. The van der Waals surface area contributed by atoms with E-state index in [2.05, 4.69) is 22.8 Å². The number of carbonyl (C=O) groups is 1. The molecule has 0 saturated heterocycles. The number of hydrogen-bond donors (Lipinski definition) is 2. The SMILES string of the molecule is COC1(CC(=O)Nc2ccc3c(c2)CNCC3)CCC1. The summed E-state index contributed by atoms with van der Waals surface area (Å²) in [4.78, 5) is 12.1. The zero-order valence-electron chi connectivity index (χ0n) is 12.0. The highest BCUT2D eigenvalue weighted by Crippen LogP contribution is 2.38. The second kappa shape index (κ2) is 5.54. The first-order valence-corrected chi connectivity index (χ1v) is 7.38. The van der Waals surface area contributed by atoms with Crippen LogP contribution in [-0.4, -0.2) is 25.2 Å². The third kappa shape index (κ3) is 2.72. The monoisotopic (exact) mass is 274 g/mol. The molecule has 1 aliphatic carbocycles. The van der Waals surface area contributed by atoms with Crippen LogP contribution in [0.25, 0.3) is 0 Å². The highest BCUT2D eigenvalue weighted by atomic mass is 16.5. The molecule has 1 aromatic rings. The van der Waals surface area contributed by atoms with Crippen molar-refractivity contribution in [2.45, 2.75) is 44.2 Å². The molecule has 1 amide bonds. The summed E-state index contributed by atoms with van der Waals surface area (Å²) >= 11 is 0. The molecule has 0 aromatic heterocycles. The Bertz CT molecular complexity index is 504. The number of anilines is 1. The molecule has 4 nitrogen and oxygen atoms in total. The summed E-state index contributed by atoms with van der Waals surface area (Å²) in [5, 5.41) is 6.36. The summed E-state index contributed by atoms with van der Waals surface area (Å²) < 4.78 is 5.50. The lowest BCUT2D eigenvalue weighted by Crippen LogP contribution is -2.42. The van der Waals surface area contributed by atoms with Crippen molar-refractivity contribution in [3.05, 3.63) is 29.3 Å². The molecule has 1 heterocycles. The minimum absolute atomic E-state index is 0.0512. The van der Waals surface area contributed by atoms with E-state index < -0.39 is 0 Å². The summed E-state index contributed by atoms with van der Waals surface area (Å²) in [6.45, 7) is 1.93. The Morgan fingerprint density at radius 2 is 2.25 bits per heavy atom. The van der Waals surface area contributed by atoms with Gasteiger partial charge in [0.1, 0.15) is 0 Å². The van der Waals surface area contributed by atoms with E-state index in [1.807, 2.05) is 6.07 Å². The van der Waals surface area contributed by atoms with Gasteiger partial charge >= 0.3 is 0 Å². The lowest BCUT2D eigenvalue weighted by Gasteiger charge is -2.39. The number of carbonyl (C=O) groups excluding carboxylic acids is 1. The summed E-state index contributed by atoms with van der Waals surface area (Å²) in [5.41, 5.74) is 3.36. The van der Waals surface area contributed by atoms with E-state index >= 15 is 0 Å². The fourth-order valence-corrected chi connectivity index (χ4v) is 3.08. The Kier molecular flexibility index (Phi) is 3.76. The van der Waals surface area contributed by atoms with E-state index in [1.165, 1.54) is 11.1 Å². The molecule has 3 rings (SSSR count). The van der Waals surface area contributed by atoms with Gasteiger partial charge in [-0.25, -0.2) is 0 Å². The van der Waals surface area contributed by atoms with Gasteiger partial charge in [0.15, 0.2) is 0 Å². The molecular formula is C16H22N2O2. The molecule has 0 radical (unpaired) electrons. The van der Waals surface area contributed by atoms with Gasteiger partial charge in [-0.05, 0) is 55.5 Å². The minimum atomic E-state index is -0.208. The van der Waals surface area contributed by atoms with Crippen LogP contribution in [0.5, 0.6) is 0 Å². The maximum atomic E-state index is 12.1. The van der Waals surface area contributed by atoms with E-state index in [0.717, 1.165) is 44.5 Å². The molecule has 0 spiro atoms. The normalized spacial score (nSPS) is 19.9. The summed E-state index contributed by atoms with van der Waals surface area (Å²) in [5.74, 6) is 0.0512. The average molecular weight is 274 g/mol. The average Bonchev–Trinajstić information content (AvgIpc) is 2.43. The quantitative estimate of drug-likeness (QED) is 0.885. The van der Waals surface area contributed by atoms with Crippen LogP contribution in [0.2, 0.25) is 0 Å². The number of benzene rings is 1. The number of fused-ring (bicyclic) bond motifs is 1. The fourth-order valence-electron chi connectivity index (χ4n) is 3.08. The predicted molar refractivity (Wildman–Crippen MR) is 78.7 cm³/mol. The topological polar surface area (TPSA) is 50.4 Å².